The Balaban J connectivity index is 1.75. The molecule has 0 aliphatic heterocycles. The van der Waals surface area contributed by atoms with Crippen LogP contribution in [0, 0.1) is 0 Å². The highest BCUT2D eigenvalue weighted by Crippen LogP contribution is 2.18. The number of nitrogens with one attached hydrogen (secondary N) is 2. The molecule has 0 aliphatic rings. The SMILES string of the molecule is Clc1nc(NCCc2cccs2)c2[nH]cnc2n1. The number of aromatic amines is 1. The number of fused-ring (bicyclic) bond motifs is 1. The molecule has 0 amide bonds. The monoisotopic (exact) mass is 279 g/mol. The van der Waals surface area contributed by atoms with E-state index in [1.807, 2.05) is 0 Å². The minimum Gasteiger partial charge on any atom is -0.368 e. The quantitative estimate of drug-likeness (QED) is 0.721. The van der Waals surface area contributed by atoms with Crippen LogP contribution in [-0.2, 0) is 6.42 Å². The molecular formula is C11H10ClN5S. The van der Waals surface area contributed by atoms with E-state index < -0.39 is 0 Å². The maximum Gasteiger partial charge on any atom is 0.226 e. The first-order valence-corrected chi connectivity index (χ1v) is 6.71. The minimum absolute atomic E-state index is 0.202. The van der Waals surface area contributed by atoms with Gasteiger partial charge in [0.2, 0.25) is 5.28 Å². The molecule has 0 bridgehead atoms. The zero-order chi connectivity index (χ0) is 12.4. The number of aromatic nitrogens is 4. The van der Waals surface area contributed by atoms with Gasteiger partial charge in [-0.2, -0.15) is 9.97 Å². The van der Waals surface area contributed by atoms with E-state index >= 15 is 0 Å². The van der Waals surface area contributed by atoms with Crippen molar-refractivity contribution in [1.82, 2.24) is 19.9 Å². The van der Waals surface area contributed by atoms with E-state index in [1.165, 1.54) is 4.88 Å². The minimum atomic E-state index is 0.202. The molecule has 0 fully saturated rings. The summed E-state index contributed by atoms with van der Waals surface area (Å²) in [6.45, 7) is 0.794. The summed E-state index contributed by atoms with van der Waals surface area (Å²) >= 11 is 7.59. The Morgan fingerprint density at radius 1 is 1.39 bits per heavy atom. The zero-order valence-electron chi connectivity index (χ0n) is 9.35. The smallest absolute Gasteiger partial charge is 0.226 e. The number of thiophene rings is 1. The number of hydrogen-bond donors (Lipinski definition) is 2. The molecule has 0 aromatic carbocycles. The van der Waals surface area contributed by atoms with Crippen LogP contribution in [0.15, 0.2) is 23.8 Å². The summed E-state index contributed by atoms with van der Waals surface area (Å²) in [5.41, 5.74) is 1.36. The first kappa shape index (κ1) is 11.4. The molecule has 0 unspecified atom stereocenters. The Morgan fingerprint density at radius 3 is 3.17 bits per heavy atom. The van der Waals surface area contributed by atoms with Crippen molar-refractivity contribution < 1.29 is 0 Å². The van der Waals surface area contributed by atoms with E-state index in [-0.39, 0.29) is 5.28 Å². The third kappa shape index (κ3) is 2.30. The summed E-state index contributed by atoms with van der Waals surface area (Å²) in [5, 5.41) is 5.53. The van der Waals surface area contributed by atoms with E-state index in [9.17, 15) is 0 Å². The normalized spacial score (nSPS) is 10.9. The van der Waals surface area contributed by atoms with Gasteiger partial charge in [-0.15, -0.1) is 11.3 Å². The number of hydrogen-bond acceptors (Lipinski definition) is 5. The van der Waals surface area contributed by atoms with E-state index in [2.05, 4.69) is 42.8 Å². The Labute approximate surface area is 112 Å². The van der Waals surface area contributed by atoms with Gasteiger partial charge >= 0.3 is 0 Å². The second-order valence-corrected chi connectivity index (χ2v) is 5.07. The van der Waals surface area contributed by atoms with E-state index in [1.54, 1.807) is 17.7 Å². The third-order valence-corrected chi connectivity index (χ3v) is 3.61. The van der Waals surface area contributed by atoms with Crippen LogP contribution >= 0.6 is 22.9 Å². The van der Waals surface area contributed by atoms with Crippen LogP contribution in [-0.4, -0.2) is 26.5 Å². The maximum atomic E-state index is 5.85. The lowest BCUT2D eigenvalue weighted by molar-refractivity contribution is 1.02. The molecule has 0 radical (unpaired) electrons. The largest absolute Gasteiger partial charge is 0.368 e. The van der Waals surface area contributed by atoms with Gasteiger partial charge in [-0.3, -0.25) is 0 Å². The molecule has 0 spiro atoms. The Morgan fingerprint density at radius 2 is 2.33 bits per heavy atom. The number of imidazole rings is 1. The molecule has 0 aliphatic carbocycles. The summed E-state index contributed by atoms with van der Waals surface area (Å²) in [5.74, 6) is 0.694. The van der Waals surface area contributed by atoms with Crippen LogP contribution < -0.4 is 5.32 Å². The van der Waals surface area contributed by atoms with E-state index in [0.717, 1.165) is 18.5 Å². The lowest BCUT2D eigenvalue weighted by Crippen LogP contribution is -2.06. The van der Waals surface area contributed by atoms with Gasteiger partial charge in [-0.1, -0.05) is 6.07 Å². The van der Waals surface area contributed by atoms with Crippen molar-refractivity contribution in [2.24, 2.45) is 0 Å². The molecule has 5 nitrogen and oxygen atoms in total. The summed E-state index contributed by atoms with van der Waals surface area (Å²) in [7, 11) is 0. The molecule has 0 atom stereocenters. The van der Waals surface area contributed by atoms with Crippen molar-refractivity contribution in [2.45, 2.75) is 6.42 Å². The highest BCUT2D eigenvalue weighted by atomic mass is 35.5. The van der Waals surface area contributed by atoms with Gasteiger partial charge in [0.1, 0.15) is 5.52 Å². The van der Waals surface area contributed by atoms with Crippen molar-refractivity contribution in [3.05, 3.63) is 34.0 Å². The highest BCUT2D eigenvalue weighted by Gasteiger charge is 2.08. The molecular weight excluding hydrogens is 270 g/mol. The molecule has 7 heteroatoms. The van der Waals surface area contributed by atoms with Crippen LogP contribution in [0.5, 0.6) is 0 Å². The van der Waals surface area contributed by atoms with Crippen LogP contribution in [0.1, 0.15) is 4.88 Å². The van der Waals surface area contributed by atoms with Gasteiger partial charge < -0.3 is 10.3 Å². The fraction of sp³-hybridized carbons (Fsp3) is 0.182. The first-order chi connectivity index (χ1) is 8.83. The molecule has 3 rings (SSSR count). The Hall–Kier alpha value is -1.66. The van der Waals surface area contributed by atoms with Crippen molar-refractivity contribution in [1.29, 1.82) is 0 Å². The van der Waals surface area contributed by atoms with Crippen molar-refractivity contribution in [2.75, 3.05) is 11.9 Å². The number of nitrogens with zero attached hydrogens (tertiary/aromatic N) is 3. The molecule has 0 saturated heterocycles. The number of rotatable bonds is 4. The summed E-state index contributed by atoms with van der Waals surface area (Å²) in [6, 6.07) is 4.17. The van der Waals surface area contributed by atoms with Crippen molar-refractivity contribution >= 4 is 39.9 Å². The van der Waals surface area contributed by atoms with Crippen molar-refractivity contribution in [3.8, 4) is 0 Å². The van der Waals surface area contributed by atoms with Gasteiger partial charge in [-0.25, -0.2) is 4.98 Å². The van der Waals surface area contributed by atoms with Crippen LogP contribution in [0.25, 0.3) is 11.2 Å². The summed E-state index contributed by atoms with van der Waals surface area (Å²) in [4.78, 5) is 16.6. The lowest BCUT2D eigenvalue weighted by atomic mass is 10.3. The predicted octanol–water partition coefficient (Wildman–Crippen LogP) is 2.72. The van der Waals surface area contributed by atoms with Crippen molar-refractivity contribution in [3.63, 3.8) is 0 Å². The van der Waals surface area contributed by atoms with Gasteiger partial charge in [0.15, 0.2) is 11.5 Å². The summed E-state index contributed by atoms with van der Waals surface area (Å²) in [6.07, 6.45) is 2.54. The van der Waals surface area contributed by atoms with Crippen LogP contribution in [0.4, 0.5) is 5.82 Å². The fourth-order valence-corrected chi connectivity index (χ4v) is 2.57. The standard InChI is InChI=1S/C11H10ClN5S/c12-11-16-9(8-10(17-11)15-6-14-8)13-4-3-7-2-1-5-18-7/h1-2,5-6H,3-4H2,(H2,13,14,15,16,17). The molecule has 3 aromatic heterocycles. The van der Waals surface area contributed by atoms with Gasteiger partial charge in [-0.05, 0) is 29.5 Å². The topological polar surface area (TPSA) is 66.5 Å². The first-order valence-electron chi connectivity index (χ1n) is 5.46. The Kier molecular flexibility index (Phi) is 3.12. The second kappa shape index (κ2) is 4.91. The van der Waals surface area contributed by atoms with E-state index in [4.69, 9.17) is 11.6 Å². The predicted molar refractivity (Wildman–Crippen MR) is 73.2 cm³/mol. The highest BCUT2D eigenvalue weighted by molar-refractivity contribution is 7.09. The molecule has 2 N–H and O–H groups in total. The number of H-pyrrole nitrogens is 1. The molecule has 3 aromatic rings. The molecule has 92 valence electrons. The molecule has 3 heterocycles. The third-order valence-electron chi connectivity index (χ3n) is 2.50. The average molecular weight is 280 g/mol. The van der Waals surface area contributed by atoms with Gasteiger partial charge in [0.25, 0.3) is 0 Å². The average Bonchev–Trinajstić information content (AvgIpc) is 2.98. The molecule has 0 saturated carbocycles. The molecule has 18 heavy (non-hydrogen) atoms. The lowest BCUT2D eigenvalue weighted by Gasteiger charge is -2.05. The van der Waals surface area contributed by atoms with E-state index in [0.29, 0.717) is 11.5 Å². The van der Waals surface area contributed by atoms with Gasteiger partial charge in [0.05, 0.1) is 6.33 Å². The second-order valence-electron chi connectivity index (χ2n) is 3.70. The maximum absolute atomic E-state index is 5.85. The Bertz CT molecular complexity index is 649. The van der Waals surface area contributed by atoms with Crippen LogP contribution in [0.2, 0.25) is 5.28 Å². The summed E-state index contributed by atoms with van der Waals surface area (Å²) < 4.78 is 0. The number of anilines is 1. The van der Waals surface area contributed by atoms with Crippen LogP contribution in [0.3, 0.4) is 0 Å². The zero-order valence-corrected chi connectivity index (χ0v) is 10.9. The fourth-order valence-electron chi connectivity index (χ4n) is 1.69. The number of halogens is 1. The van der Waals surface area contributed by atoms with Gasteiger partial charge in [0, 0.05) is 11.4 Å².